The molecule has 0 unspecified atom stereocenters. The first-order valence-electron chi connectivity index (χ1n) is 11.6. The van der Waals surface area contributed by atoms with Crippen molar-refractivity contribution in [2.75, 3.05) is 17.7 Å². The van der Waals surface area contributed by atoms with Gasteiger partial charge in [-0.25, -0.2) is 9.67 Å². The molecule has 1 fully saturated rings. The van der Waals surface area contributed by atoms with E-state index < -0.39 is 0 Å². The van der Waals surface area contributed by atoms with Crippen molar-refractivity contribution < 1.29 is 9.84 Å². The van der Waals surface area contributed by atoms with E-state index in [1.54, 1.807) is 7.11 Å². The van der Waals surface area contributed by atoms with Crippen LogP contribution in [0.4, 0.5) is 11.6 Å². The third kappa shape index (κ3) is 4.33. The first-order valence-corrected chi connectivity index (χ1v) is 12.0. The van der Waals surface area contributed by atoms with Crippen molar-refractivity contribution in [2.24, 2.45) is 0 Å². The highest BCUT2D eigenvalue weighted by Crippen LogP contribution is 2.34. The van der Waals surface area contributed by atoms with Gasteiger partial charge in [-0.15, -0.1) is 10.2 Å². The Balaban J connectivity index is 1.51. The number of nitrogens with zero attached hydrogens (tertiary/aromatic N) is 5. The number of halogens is 1. The summed E-state index contributed by atoms with van der Waals surface area (Å²) in [6.07, 6.45) is 6.84. The number of hydrogen-bond donors (Lipinski definition) is 3. The van der Waals surface area contributed by atoms with Crippen LogP contribution in [-0.2, 0) is 13.1 Å². The molecule has 10 heteroatoms. The van der Waals surface area contributed by atoms with Crippen LogP contribution >= 0.6 is 11.6 Å². The Morgan fingerprint density at radius 2 is 1.91 bits per heavy atom. The number of aryl methyl sites for hydroxylation is 1. The maximum atomic E-state index is 9.85. The molecule has 0 aliphatic heterocycles. The molecule has 3 N–H and O–H groups in total. The monoisotopic (exact) mass is 481 g/mol. The number of pyridine rings is 1. The van der Waals surface area contributed by atoms with Crippen molar-refractivity contribution in [2.45, 2.75) is 57.8 Å². The molecular formula is C24H28ClN7O2. The van der Waals surface area contributed by atoms with E-state index >= 15 is 0 Å². The largest absolute Gasteiger partial charge is 0.495 e. The fourth-order valence-electron chi connectivity index (χ4n) is 4.55. The summed E-state index contributed by atoms with van der Waals surface area (Å²) in [6, 6.07) is 5.94. The topological polar surface area (TPSA) is 110 Å². The Morgan fingerprint density at radius 1 is 1.12 bits per heavy atom. The highest BCUT2D eigenvalue weighted by atomic mass is 35.5. The van der Waals surface area contributed by atoms with Gasteiger partial charge in [0.1, 0.15) is 5.75 Å². The van der Waals surface area contributed by atoms with E-state index in [1.807, 2.05) is 42.2 Å². The van der Waals surface area contributed by atoms with Gasteiger partial charge in [0, 0.05) is 36.1 Å². The molecular weight excluding hydrogens is 454 g/mol. The van der Waals surface area contributed by atoms with Crippen LogP contribution in [0.15, 0.2) is 30.6 Å². The molecule has 0 saturated heterocycles. The number of fused-ring (bicyclic) bond motifs is 3. The molecule has 0 radical (unpaired) electrons. The summed E-state index contributed by atoms with van der Waals surface area (Å²) < 4.78 is 7.12. The first kappa shape index (κ1) is 22.6. The van der Waals surface area contributed by atoms with Crippen LogP contribution < -0.4 is 15.4 Å². The van der Waals surface area contributed by atoms with Gasteiger partial charge in [0.05, 0.1) is 29.8 Å². The highest BCUT2D eigenvalue weighted by molar-refractivity contribution is 6.32. The number of aliphatic hydroxyl groups excluding tert-OH is 1. The van der Waals surface area contributed by atoms with E-state index in [1.165, 1.54) is 0 Å². The second-order valence-corrected chi connectivity index (χ2v) is 9.02. The minimum absolute atomic E-state index is 0.208. The van der Waals surface area contributed by atoms with Gasteiger partial charge < -0.3 is 20.5 Å². The molecule has 5 rings (SSSR count). The second-order valence-electron chi connectivity index (χ2n) is 8.61. The van der Waals surface area contributed by atoms with Crippen LogP contribution in [0.3, 0.4) is 0 Å². The predicted octanol–water partition coefficient (Wildman–Crippen LogP) is 4.38. The molecule has 34 heavy (non-hydrogen) atoms. The Kier molecular flexibility index (Phi) is 6.38. The number of aromatic nitrogens is 5. The van der Waals surface area contributed by atoms with Crippen LogP contribution in [0.2, 0.25) is 5.02 Å². The maximum absolute atomic E-state index is 9.85. The first-order chi connectivity index (χ1) is 16.6. The summed E-state index contributed by atoms with van der Waals surface area (Å²) in [7, 11) is 1.60. The SMILES string of the molecule is CCn1ncc2c3c(NCc4ccc(OC)c(Cl)c4)nnc(NC4CCC(O)CC4)c3cnc21. The molecule has 0 spiro atoms. The lowest BCUT2D eigenvalue weighted by molar-refractivity contribution is 0.126. The van der Waals surface area contributed by atoms with Gasteiger partial charge >= 0.3 is 0 Å². The van der Waals surface area contributed by atoms with E-state index in [4.69, 9.17) is 16.3 Å². The fraction of sp³-hybridized carbons (Fsp3) is 0.417. The zero-order chi connectivity index (χ0) is 23.7. The van der Waals surface area contributed by atoms with Gasteiger partial charge in [0.15, 0.2) is 17.3 Å². The Labute approximate surface area is 202 Å². The third-order valence-electron chi connectivity index (χ3n) is 6.42. The molecule has 1 aliphatic rings. The van der Waals surface area contributed by atoms with E-state index in [0.29, 0.717) is 29.0 Å². The molecule has 0 amide bonds. The van der Waals surface area contributed by atoms with E-state index in [2.05, 4.69) is 30.9 Å². The number of methoxy groups -OCH3 is 1. The summed E-state index contributed by atoms with van der Waals surface area (Å²) in [5.74, 6) is 2.00. The van der Waals surface area contributed by atoms with Crippen molar-refractivity contribution >= 4 is 45.0 Å². The lowest BCUT2D eigenvalue weighted by Gasteiger charge is -2.27. The smallest absolute Gasteiger partial charge is 0.158 e. The summed E-state index contributed by atoms with van der Waals surface area (Å²) in [5, 5.41) is 33.7. The number of hydrogen-bond acceptors (Lipinski definition) is 8. The molecule has 0 atom stereocenters. The van der Waals surface area contributed by atoms with Crippen LogP contribution in [0.5, 0.6) is 5.75 Å². The van der Waals surface area contributed by atoms with Crippen LogP contribution in [0.1, 0.15) is 38.2 Å². The van der Waals surface area contributed by atoms with Crippen LogP contribution in [0, 0.1) is 0 Å². The number of ether oxygens (including phenoxy) is 1. The second kappa shape index (κ2) is 9.60. The zero-order valence-corrected chi connectivity index (χ0v) is 20.0. The average molecular weight is 482 g/mol. The summed E-state index contributed by atoms with van der Waals surface area (Å²) in [5.41, 5.74) is 1.81. The summed E-state index contributed by atoms with van der Waals surface area (Å²) in [4.78, 5) is 4.69. The zero-order valence-electron chi connectivity index (χ0n) is 19.3. The molecule has 3 heterocycles. The van der Waals surface area contributed by atoms with Crippen molar-refractivity contribution in [3.05, 3.63) is 41.2 Å². The van der Waals surface area contributed by atoms with Gasteiger partial charge in [-0.3, -0.25) is 0 Å². The molecule has 4 aromatic rings. The van der Waals surface area contributed by atoms with E-state index in [9.17, 15) is 5.11 Å². The maximum Gasteiger partial charge on any atom is 0.158 e. The minimum Gasteiger partial charge on any atom is -0.495 e. The summed E-state index contributed by atoms with van der Waals surface area (Å²) in [6.45, 7) is 3.29. The van der Waals surface area contributed by atoms with Crippen molar-refractivity contribution in [1.82, 2.24) is 25.0 Å². The van der Waals surface area contributed by atoms with Crippen LogP contribution in [-0.4, -0.2) is 49.3 Å². The molecule has 3 aromatic heterocycles. The molecule has 178 valence electrons. The van der Waals surface area contributed by atoms with E-state index in [0.717, 1.165) is 59.6 Å². The quantitative estimate of drug-likeness (QED) is 0.356. The number of benzene rings is 1. The van der Waals surface area contributed by atoms with E-state index in [-0.39, 0.29) is 12.1 Å². The number of nitrogens with one attached hydrogen (secondary N) is 2. The van der Waals surface area contributed by atoms with Gasteiger partial charge in [0.2, 0.25) is 0 Å². The standard InChI is InChI=1S/C24H28ClN7O2/c1-3-32-24-18(13-28-32)21-17(12-27-24)22(29-15-5-7-16(33)8-6-15)30-31-23(21)26-11-14-4-9-20(34-2)19(25)10-14/h4,9-10,12-13,15-16,33H,3,5-8,11H2,1-2H3,(H,26,31)(H,29,30). The van der Waals surface area contributed by atoms with Gasteiger partial charge in [-0.05, 0) is 50.3 Å². The Hall–Kier alpha value is -3.17. The lowest BCUT2D eigenvalue weighted by Crippen LogP contribution is -2.28. The number of anilines is 2. The number of rotatable bonds is 7. The molecule has 1 aliphatic carbocycles. The highest BCUT2D eigenvalue weighted by Gasteiger charge is 2.22. The van der Waals surface area contributed by atoms with Crippen molar-refractivity contribution in [3.63, 3.8) is 0 Å². The fourth-order valence-corrected chi connectivity index (χ4v) is 4.83. The molecule has 9 nitrogen and oxygen atoms in total. The normalized spacial score (nSPS) is 18.4. The van der Waals surface area contributed by atoms with Gasteiger partial charge in [0.25, 0.3) is 0 Å². The third-order valence-corrected chi connectivity index (χ3v) is 6.72. The van der Waals surface area contributed by atoms with Crippen molar-refractivity contribution in [1.29, 1.82) is 0 Å². The Bertz CT molecular complexity index is 1320. The van der Waals surface area contributed by atoms with Crippen molar-refractivity contribution in [3.8, 4) is 5.75 Å². The predicted molar refractivity (Wildman–Crippen MR) is 134 cm³/mol. The summed E-state index contributed by atoms with van der Waals surface area (Å²) >= 11 is 6.30. The number of aliphatic hydroxyl groups is 1. The Morgan fingerprint density at radius 3 is 2.65 bits per heavy atom. The molecule has 0 bridgehead atoms. The minimum atomic E-state index is -0.208. The molecule has 1 saturated carbocycles. The molecule has 1 aromatic carbocycles. The van der Waals surface area contributed by atoms with Gasteiger partial charge in [-0.1, -0.05) is 17.7 Å². The lowest BCUT2D eigenvalue weighted by atomic mass is 9.93. The van der Waals surface area contributed by atoms with Crippen LogP contribution in [0.25, 0.3) is 21.8 Å². The van der Waals surface area contributed by atoms with Gasteiger partial charge in [-0.2, -0.15) is 5.10 Å². The average Bonchev–Trinajstić information content (AvgIpc) is 3.28.